The van der Waals surface area contributed by atoms with Crippen LogP contribution in [0.1, 0.15) is 51.4 Å². The van der Waals surface area contributed by atoms with Crippen LogP contribution in [0.2, 0.25) is 0 Å². The fraction of sp³-hybridized carbons (Fsp3) is 0.929. The van der Waals surface area contributed by atoms with Crippen LogP contribution in [0.3, 0.4) is 0 Å². The highest BCUT2D eigenvalue weighted by atomic mass is 16.1. The molecule has 0 aromatic heterocycles. The number of carbonyl (C=O) groups excluding carboxylic acids is 1. The van der Waals surface area contributed by atoms with Gasteiger partial charge in [0.2, 0.25) is 0 Å². The van der Waals surface area contributed by atoms with Gasteiger partial charge in [0.1, 0.15) is 5.78 Å². The molecule has 3 aliphatic rings. The molecule has 2 aliphatic carbocycles. The van der Waals surface area contributed by atoms with Crippen molar-refractivity contribution in [1.29, 1.82) is 0 Å². The number of nitrogens with zero attached hydrogens (tertiary/aromatic N) is 1. The molecule has 1 saturated heterocycles. The van der Waals surface area contributed by atoms with Crippen molar-refractivity contribution in [2.24, 2.45) is 11.3 Å². The van der Waals surface area contributed by atoms with E-state index in [2.05, 4.69) is 4.90 Å². The maximum Gasteiger partial charge on any atom is 0.149 e. The van der Waals surface area contributed by atoms with Gasteiger partial charge in [-0.15, -0.1) is 0 Å². The van der Waals surface area contributed by atoms with Gasteiger partial charge in [-0.3, -0.25) is 9.69 Å². The Kier molecular flexibility index (Phi) is 2.78. The highest BCUT2D eigenvalue weighted by molar-refractivity contribution is 5.84. The number of hydrogen-bond acceptors (Lipinski definition) is 2. The lowest BCUT2D eigenvalue weighted by Gasteiger charge is -2.39. The molecule has 16 heavy (non-hydrogen) atoms. The van der Waals surface area contributed by atoms with E-state index >= 15 is 0 Å². The Hall–Kier alpha value is -0.370. The minimum absolute atomic E-state index is 0.447. The number of likely N-dealkylation sites (tertiary alicyclic amines) is 1. The highest BCUT2D eigenvalue weighted by Gasteiger charge is 2.38. The number of carbonyl (C=O) groups is 1. The molecule has 1 heterocycles. The van der Waals surface area contributed by atoms with Gasteiger partial charge >= 0.3 is 0 Å². The second-order valence-corrected chi connectivity index (χ2v) is 6.22. The number of hydrogen-bond donors (Lipinski definition) is 0. The first kappa shape index (κ1) is 10.8. The molecular weight excluding hydrogens is 198 g/mol. The third-order valence-electron chi connectivity index (χ3n) is 4.99. The summed E-state index contributed by atoms with van der Waals surface area (Å²) in [5.41, 5.74) is 0.694. The van der Waals surface area contributed by atoms with E-state index in [9.17, 15) is 4.79 Å². The van der Waals surface area contributed by atoms with Crippen LogP contribution in [0.15, 0.2) is 0 Å². The Labute approximate surface area is 98.4 Å². The van der Waals surface area contributed by atoms with Crippen molar-refractivity contribution in [3.05, 3.63) is 0 Å². The van der Waals surface area contributed by atoms with Gasteiger partial charge < -0.3 is 0 Å². The summed E-state index contributed by atoms with van der Waals surface area (Å²) in [6.07, 6.45) is 10.8. The molecule has 2 heteroatoms. The van der Waals surface area contributed by atoms with Crippen LogP contribution in [0, 0.1) is 11.3 Å². The predicted molar refractivity (Wildman–Crippen MR) is 64.3 cm³/mol. The fourth-order valence-electron chi connectivity index (χ4n) is 3.57. The van der Waals surface area contributed by atoms with Crippen molar-refractivity contribution >= 4 is 5.78 Å². The normalized spacial score (nSPS) is 29.8. The quantitative estimate of drug-likeness (QED) is 0.730. The maximum absolute atomic E-state index is 11.7. The van der Waals surface area contributed by atoms with E-state index in [1.54, 1.807) is 0 Å². The van der Waals surface area contributed by atoms with E-state index in [4.69, 9.17) is 0 Å². The Morgan fingerprint density at radius 1 is 1.06 bits per heavy atom. The van der Waals surface area contributed by atoms with Gasteiger partial charge in [0.15, 0.2) is 0 Å². The molecule has 0 amide bonds. The summed E-state index contributed by atoms with van der Waals surface area (Å²) in [5, 5.41) is 0. The smallest absolute Gasteiger partial charge is 0.149 e. The third kappa shape index (κ3) is 2.17. The van der Waals surface area contributed by atoms with Gasteiger partial charge in [-0.1, -0.05) is 12.8 Å². The number of rotatable bonds is 3. The second-order valence-electron chi connectivity index (χ2n) is 6.22. The summed E-state index contributed by atoms with van der Waals surface area (Å²) in [6.45, 7) is 3.11. The zero-order valence-corrected chi connectivity index (χ0v) is 10.2. The van der Waals surface area contributed by atoms with Crippen molar-refractivity contribution in [2.75, 3.05) is 19.6 Å². The molecule has 2 nitrogen and oxygen atoms in total. The van der Waals surface area contributed by atoms with Crippen LogP contribution < -0.4 is 0 Å². The molecule has 0 atom stereocenters. The topological polar surface area (TPSA) is 20.3 Å². The third-order valence-corrected chi connectivity index (χ3v) is 4.99. The minimum Gasteiger partial charge on any atom is -0.298 e. The molecule has 3 rings (SSSR count). The monoisotopic (exact) mass is 221 g/mol. The van der Waals surface area contributed by atoms with E-state index in [0.717, 1.165) is 19.4 Å². The summed E-state index contributed by atoms with van der Waals surface area (Å²) in [5.74, 6) is 0.963. The fourth-order valence-corrected chi connectivity index (χ4v) is 3.57. The lowest BCUT2D eigenvalue weighted by molar-refractivity contribution is -0.122. The van der Waals surface area contributed by atoms with E-state index in [0.29, 0.717) is 17.1 Å². The largest absolute Gasteiger partial charge is 0.298 e. The van der Waals surface area contributed by atoms with Crippen LogP contribution in [0.25, 0.3) is 0 Å². The molecule has 0 unspecified atom stereocenters. The Balaban J connectivity index is 1.48. The lowest BCUT2D eigenvalue weighted by atomic mass is 9.77. The molecule has 0 aromatic rings. The molecule has 0 bridgehead atoms. The molecule has 0 radical (unpaired) electrons. The van der Waals surface area contributed by atoms with Crippen LogP contribution in [0.4, 0.5) is 0 Å². The molecule has 90 valence electrons. The SMILES string of the molecule is O=C(CN1CCC2(CCCC2)CC1)C1CC1. The average Bonchev–Trinajstić information content (AvgIpc) is 3.05. The van der Waals surface area contributed by atoms with Crippen LogP contribution in [0.5, 0.6) is 0 Å². The summed E-state index contributed by atoms with van der Waals surface area (Å²) >= 11 is 0. The van der Waals surface area contributed by atoms with Gasteiger partial charge in [0.25, 0.3) is 0 Å². The van der Waals surface area contributed by atoms with Crippen LogP contribution in [-0.2, 0) is 4.79 Å². The van der Waals surface area contributed by atoms with Gasteiger partial charge in [0, 0.05) is 5.92 Å². The van der Waals surface area contributed by atoms with Gasteiger partial charge in [-0.05, 0) is 57.0 Å². The van der Waals surface area contributed by atoms with Crippen LogP contribution in [-0.4, -0.2) is 30.3 Å². The van der Waals surface area contributed by atoms with E-state index < -0.39 is 0 Å². The highest BCUT2D eigenvalue weighted by Crippen LogP contribution is 2.46. The van der Waals surface area contributed by atoms with Gasteiger partial charge in [-0.25, -0.2) is 0 Å². The molecule has 0 aromatic carbocycles. The Morgan fingerprint density at radius 2 is 1.69 bits per heavy atom. The van der Waals surface area contributed by atoms with Crippen molar-refractivity contribution in [1.82, 2.24) is 4.90 Å². The van der Waals surface area contributed by atoms with Gasteiger partial charge in [-0.2, -0.15) is 0 Å². The summed E-state index contributed by atoms with van der Waals surface area (Å²) < 4.78 is 0. The summed E-state index contributed by atoms with van der Waals surface area (Å²) in [4.78, 5) is 14.2. The Bertz CT molecular complexity index is 266. The number of ketones is 1. The molecule has 0 N–H and O–H groups in total. The van der Waals surface area contributed by atoms with E-state index in [-0.39, 0.29) is 0 Å². The van der Waals surface area contributed by atoms with Crippen LogP contribution >= 0.6 is 0 Å². The summed E-state index contributed by atoms with van der Waals surface area (Å²) in [6, 6.07) is 0. The Morgan fingerprint density at radius 3 is 2.25 bits per heavy atom. The molecule has 1 aliphatic heterocycles. The lowest BCUT2D eigenvalue weighted by Crippen LogP contribution is -2.41. The molecule has 2 saturated carbocycles. The predicted octanol–water partition coefficient (Wildman–Crippen LogP) is 2.62. The minimum atomic E-state index is 0.447. The molecule has 1 spiro atoms. The van der Waals surface area contributed by atoms with E-state index in [1.165, 1.54) is 51.6 Å². The summed E-state index contributed by atoms with van der Waals surface area (Å²) in [7, 11) is 0. The first-order valence-electron chi connectivity index (χ1n) is 7.03. The first-order valence-corrected chi connectivity index (χ1v) is 7.03. The first-order chi connectivity index (χ1) is 7.77. The van der Waals surface area contributed by atoms with E-state index in [1.807, 2.05) is 0 Å². The van der Waals surface area contributed by atoms with Crippen molar-refractivity contribution in [3.8, 4) is 0 Å². The van der Waals surface area contributed by atoms with Crippen molar-refractivity contribution in [2.45, 2.75) is 51.4 Å². The number of piperidine rings is 1. The molecule has 3 fully saturated rings. The average molecular weight is 221 g/mol. The zero-order valence-electron chi connectivity index (χ0n) is 10.2. The maximum atomic E-state index is 11.7. The van der Waals surface area contributed by atoms with Gasteiger partial charge in [0.05, 0.1) is 6.54 Å². The van der Waals surface area contributed by atoms with Crippen molar-refractivity contribution in [3.63, 3.8) is 0 Å². The zero-order chi connectivity index (χ0) is 11.0. The van der Waals surface area contributed by atoms with Crippen molar-refractivity contribution < 1.29 is 4.79 Å². The molecular formula is C14H23NO. The second kappa shape index (κ2) is 4.14. The standard InChI is InChI=1S/C14H23NO/c16-13(12-3-4-12)11-15-9-7-14(8-10-15)5-1-2-6-14/h12H,1-11H2. The number of Topliss-reactive ketones (excluding diaryl/α,β-unsaturated/α-hetero) is 1.